The molecule has 6 heteroatoms. The molecule has 1 rings (SSSR count). The highest BCUT2D eigenvalue weighted by atomic mass is 16.6. The van der Waals surface area contributed by atoms with E-state index < -0.39 is 5.60 Å². The third-order valence-electron chi connectivity index (χ3n) is 3.22. The number of rotatable bonds is 6. The van der Waals surface area contributed by atoms with E-state index in [1.54, 1.807) is 12.0 Å². The van der Waals surface area contributed by atoms with Gasteiger partial charge in [0.25, 0.3) is 0 Å². The number of carbonyl (C=O) groups is 2. The monoisotopic (exact) mass is 301 g/mol. The standard InChI is InChI=1S/C15H27NO5/c1-15(2,3)21-14(18)16-7-5-13(17)12(11-16)6-8-20-10-9-19-4/h12H,5-11H2,1-4H3. The number of Topliss-reactive ketones (excluding diaryl/α,β-unsaturated/α-hetero) is 1. The molecule has 0 aromatic rings. The number of likely N-dealkylation sites (tertiary alicyclic amines) is 1. The highest BCUT2D eigenvalue weighted by Crippen LogP contribution is 2.19. The summed E-state index contributed by atoms with van der Waals surface area (Å²) >= 11 is 0. The van der Waals surface area contributed by atoms with Crippen molar-refractivity contribution in [1.29, 1.82) is 0 Å². The molecule has 6 nitrogen and oxygen atoms in total. The summed E-state index contributed by atoms with van der Waals surface area (Å²) in [7, 11) is 1.62. The summed E-state index contributed by atoms with van der Waals surface area (Å²) in [6.07, 6.45) is 0.671. The molecule has 122 valence electrons. The molecule has 0 spiro atoms. The average Bonchev–Trinajstić information content (AvgIpc) is 2.38. The topological polar surface area (TPSA) is 65.1 Å². The molecule has 1 saturated heterocycles. The van der Waals surface area contributed by atoms with E-state index in [-0.39, 0.29) is 17.8 Å². The zero-order valence-electron chi connectivity index (χ0n) is 13.5. The van der Waals surface area contributed by atoms with Gasteiger partial charge in [-0.25, -0.2) is 4.79 Å². The molecule has 21 heavy (non-hydrogen) atoms. The van der Waals surface area contributed by atoms with Gasteiger partial charge in [-0.05, 0) is 27.2 Å². The SMILES string of the molecule is COCCOCCC1CN(C(=O)OC(C)(C)C)CCC1=O. The van der Waals surface area contributed by atoms with Crippen molar-refractivity contribution in [2.45, 2.75) is 39.2 Å². The summed E-state index contributed by atoms with van der Waals surface area (Å²) in [5, 5.41) is 0. The largest absolute Gasteiger partial charge is 0.444 e. The van der Waals surface area contributed by atoms with Gasteiger partial charge < -0.3 is 19.1 Å². The van der Waals surface area contributed by atoms with E-state index in [2.05, 4.69) is 0 Å². The van der Waals surface area contributed by atoms with E-state index in [1.165, 1.54) is 0 Å². The number of ether oxygens (including phenoxy) is 3. The number of nitrogens with zero attached hydrogens (tertiary/aromatic N) is 1. The zero-order chi connectivity index (χ0) is 15.9. The van der Waals surface area contributed by atoms with E-state index >= 15 is 0 Å². The molecule has 1 aliphatic rings. The van der Waals surface area contributed by atoms with Crippen LogP contribution < -0.4 is 0 Å². The van der Waals surface area contributed by atoms with Crippen molar-refractivity contribution < 1.29 is 23.8 Å². The Morgan fingerprint density at radius 2 is 2.00 bits per heavy atom. The van der Waals surface area contributed by atoms with Gasteiger partial charge in [-0.3, -0.25) is 4.79 Å². The Bertz CT molecular complexity index is 350. The quantitative estimate of drug-likeness (QED) is 0.701. The summed E-state index contributed by atoms with van der Waals surface area (Å²) in [4.78, 5) is 25.6. The van der Waals surface area contributed by atoms with Gasteiger partial charge in [0.1, 0.15) is 11.4 Å². The molecule has 0 N–H and O–H groups in total. The minimum Gasteiger partial charge on any atom is -0.444 e. The maximum Gasteiger partial charge on any atom is 0.410 e. The van der Waals surface area contributed by atoms with Crippen molar-refractivity contribution in [2.24, 2.45) is 5.92 Å². The van der Waals surface area contributed by atoms with Gasteiger partial charge >= 0.3 is 6.09 Å². The molecule has 0 aromatic carbocycles. The van der Waals surface area contributed by atoms with Crippen molar-refractivity contribution in [3.05, 3.63) is 0 Å². The highest BCUT2D eigenvalue weighted by molar-refractivity contribution is 5.84. The molecular formula is C15H27NO5. The lowest BCUT2D eigenvalue weighted by Gasteiger charge is -2.33. The van der Waals surface area contributed by atoms with Crippen LogP contribution in [0.1, 0.15) is 33.6 Å². The second-order valence-electron chi connectivity index (χ2n) is 6.23. The lowest BCUT2D eigenvalue weighted by Crippen LogP contribution is -2.46. The first-order valence-electron chi connectivity index (χ1n) is 7.41. The van der Waals surface area contributed by atoms with Crippen molar-refractivity contribution >= 4 is 11.9 Å². The second-order valence-corrected chi connectivity index (χ2v) is 6.23. The van der Waals surface area contributed by atoms with E-state index in [4.69, 9.17) is 14.2 Å². The van der Waals surface area contributed by atoms with Gasteiger partial charge in [0, 0.05) is 39.1 Å². The normalized spacial score (nSPS) is 19.7. The smallest absolute Gasteiger partial charge is 0.410 e. The van der Waals surface area contributed by atoms with E-state index in [0.29, 0.717) is 45.8 Å². The predicted molar refractivity (Wildman–Crippen MR) is 78.2 cm³/mol. The van der Waals surface area contributed by atoms with Gasteiger partial charge in [0.2, 0.25) is 0 Å². The lowest BCUT2D eigenvalue weighted by atomic mass is 9.94. The molecule has 0 saturated carbocycles. The number of ketones is 1. The molecule has 1 heterocycles. The Morgan fingerprint density at radius 3 is 2.62 bits per heavy atom. The van der Waals surface area contributed by atoms with Crippen LogP contribution in [0.5, 0.6) is 0 Å². The molecule has 1 amide bonds. The van der Waals surface area contributed by atoms with Crippen molar-refractivity contribution in [2.75, 3.05) is 40.0 Å². The average molecular weight is 301 g/mol. The first kappa shape index (κ1) is 17.9. The molecule has 1 fully saturated rings. The Kier molecular flexibility index (Phi) is 7.11. The van der Waals surface area contributed by atoms with E-state index in [9.17, 15) is 9.59 Å². The minimum absolute atomic E-state index is 0.159. The van der Waals surface area contributed by atoms with Gasteiger partial charge in [-0.15, -0.1) is 0 Å². The number of methoxy groups -OCH3 is 1. The molecular weight excluding hydrogens is 274 g/mol. The molecule has 0 radical (unpaired) electrons. The number of carbonyl (C=O) groups excluding carboxylic acids is 2. The summed E-state index contributed by atoms with van der Waals surface area (Å²) in [5.41, 5.74) is -0.517. The summed E-state index contributed by atoms with van der Waals surface area (Å²) < 4.78 is 15.6. The van der Waals surface area contributed by atoms with Crippen LogP contribution in [0.15, 0.2) is 0 Å². The molecule has 0 aromatic heterocycles. The number of piperidine rings is 1. The summed E-state index contributed by atoms with van der Waals surface area (Å²) in [6.45, 7) is 7.93. The number of hydrogen-bond donors (Lipinski definition) is 0. The van der Waals surface area contributed by atoms with Gasteiger partial charge in [0.15, 0.2) is 0 Å². The van der Waals surface area contributed by atoms with Crippen LogP contribution in [-0.2, 0) is 19.0 Å². The van der Waals surface area contributed by atoms with Crippen LogP contribution >= 0.6 is 0 Å². The molecule has 1 unspecified atom stereocenters. The maximum absolute atomic E-state index is 12.0. The van der Waals surface area contributed by atoms with Crippen LogP contribution in [0.4, 0.5) is 4.79 Å². The van der Waals surface area contributed by atoms with Gasteiger partial charge in [-0.2, -0.15) is 0 Å². The van der Waals surface area contributed by atoms with Crippen LogP contribution in [-0.4, -0.2) is 62.4 Å². The fraction of sp³-hybridized carbons (Fsp3) is 0.867. The minimum atomic E-state index is -0.517. The van der Waals surface area contributed by atoms with Gasteiger partial charge in [-0.1, -0.05) is 0 Å². The molecule has 0 bridgehead atoms. The zero-order valence-corrected chi connectivity index (χ0v) is 13.5. The van der Waals surface area contributed by atoms with Crippen LogP contribution in [0.2, 0.25) is 0 Å². The summed E-state index contributed by atoms with van der Waals surface area (Å²) in [6, 6.07) is 0. The van der Waals surface area contributed by atoms with Gasteiger partial charge in [0.05, 0.1) is 13.2 Å². The Morgan fingerprint density at radius 1 is 1.29 bits per heavy atom. The summed E-state index contributed by atoms with van der Waals surface area (Å²) in [5.74, 6) is 0.0407. The number of hydrogen-bond acceptors (Lipinski definition) is 5. The fourth-order valence-corrected chi connectivity index (χ4v) is 2.12. The van der Waals surface area contributed by atoms with Crippen LogP contribution in [0.25, 0.3) is 0 Å². The fourth-order valence-electron chi connectivity index (χ4n) is 2.12. The third kappa shape index (κ3) is 6.91. The van der Waals surface area contributed by atoms with E-state index in [0.717, 1.165) is 0 Å². The van der Waals surface area contributed by atoms with Crippen molar-refractivity contribution in [3.63, 3.8) is 0 Å². The first-order chi connectivity index (χ1) is 9.83. The van der Waals surface area contributed by atoms with E-state index in [1.807, 2.05) is 20.8 Å². The van der Waals surface area contributed by atoms with Crippen molar-refractivity contribution in [3.8, 4) is 0 Å². The Balaban J connectivity index is 2.39. The number of amides is 1. The highest BCUT2D eigenvalue weighted by Gasteiger charge is 2.31. The second kappa shape index (κ2) is 8.34. The Labute approximate surface area is 126 Å². The maximum atomic E-state index is 12.0. The molecule has 1 atom stereocenters. The van der Waals surface area contributed by atoms with Crippen LogP contribution in [0.3, 0.4) is 0 Å². The third-order valence-corrected chi connectivity index (χ3v) is 3.22. The first-order valence-corrected chi connectivity index (χ1v) is 7.41. The van der Waals surface area contributed by atoms with Crippen LogP contribution in [0, 0.1) is 5.92 Å². The lowest BCUT2D eigenvalue weighted by molar-refractivity contribution is -0.126. The predicted octanol–water partition coefficient (Wildman–Crippen LogP) is 1.87. The van der Waals surface area contributed by atoms with Crippen molar-refractivity contribution in [1.82, 2.24) is 4.90 Å². The molecule has 1 aliphatic heterocycles. The Hall–Kier alpha value is -1.14. The molecule has 0 aliphatic carbocycles.